The largest absolute Gasteiger partial charge is 0.372 e. The number of anilines is 2. The second-order valence-corrected chi connectivity index (χ2v) is 6.62. The maximum atomic E-state index is 12.5. The van der Waals surface area contributed by atoms with Crippen LogP contribution in [0.25, 0.3) is 0 Å². The van der Waals surface area contributed by atoms with Crippen molar-refractivity contribution in [2.45, 2.75) is 41.0 Å². The maximum absolute atomic E-state index is 12.5. The molecule has 5 nitrogen and oxygen atoms in total. The minimum Gasteiger partial charge on any atom is -0.372 e. The number of carbonyl (C=O) groups excluding carboxylic acids is 2. The van der Waals surface area contributed by atoms with Gasteiger partial charge < -0.3 is 15.1 Å². The predicted molar refractivity (Wildman–Crippen MR) is 103 cm³/mol. The standard InChI is InChI=1S/C20H31N3O2/c1-6-22(7-2)15-10-11-18(14(5)12-15)21-19(24)16-13-17(16)20(25)23(8-3)9-4/h10-12,16-17H,6-9,13H2,1-5H3,(H,21,24). The summed E-state index contributed by atoms with van der Waals surface area (Å²) in [7, 11) is 0. The Labute approximate surface area is 151 Å². The van der Waals surface area contributed by atoms with E-state index in [4.69, 9.17) is 0 Å². The lowest BCUT2D eigenvalue weighted by molar-refractivity contribution is -0.133. The van der Waals surface area contributed by atoms with Crippen molar-refractivity contribution in [2.75, 3.05) is 36.4 Å². The van der Waals surface area contributed by atoms with E-state index in [9.17, 15) is 9.59 Å². The van der Waals surface area contributed by atoms with Gasteiger partial charge in [-0.05, 0) is 64.8 Å². The first-order chi connectivity index (χ1) is 12.0. The molecule has 1 fully saturated rings. The third-order valence-corrected chi connectivity index (χ3v) is 5.12. The number of hydrogen-bond donors (Lipinski definition) is 1. The predicted octanol–water partition coefficient (Wildman–Crippen LogP) is 3.28. The smallest absolute Gasteiger partial charge is 0.228 e. The number of aryl methyl sites for hydroxylation is 1. The average molecular weight is 345 g/mol. The molecule has 1 aromatic rings. The monoisotopic (exact) mass is 345 g/mol. The second-order valence-electron chi connectivity index (χ2n) is 6.62. The number of benzene rings is 1. The molecule has 0 aromatic heterocycles. The zero-order valence-electron chi connectivity index (χ0n) is 16.1. The van der Waals surface area contributed by atoms with Crippen LogP contribution in [0.3, 0.4) is 0 Å². The molecule has 2 rings (SSSR count). The molecular formula is C20H31N3O2. The lowest BCUT2D eigenvalue weighted by Crippen LogP contribution is -2.33. The highest BCUT2D eigenvalue weighted by Gasteiger charge is 2.49. The first-order valence-electron chi connectivity index (χ1n) is 9.41. The van der Waals surface area contributed by atoms with Crippen LogP contribution in [0.4, 0.5) is 11.4 Å². The molecule has 138 valence electrons. The Bertz CT molecular complexity index is 621. The number of rotatable bonds is 8. The fraction of sp³-hybridized carbons (Fsp3) is 0.600. The molecule has 0 radical (unpaired) electrons. The molecule has 2 amide bonds. The maximum Gasteiger partial charge on any atom is 0.228 e. The van der Waals surface area contributed by atoms with Gasteiger partial charge in [0.2, 0.25) is 11.8 Å². The van der Waals surface area contributed by atoms with E-state index < -0.39 is 0 Å². The van der Waals surface area contributed by atoms with Gasteiger partial charge in [0.05, 0.1) is 11.8 Å². The third kappa shape index (κ3) is 4.33. The number of nitrogens with zero attached hydrogens (tertiary/aromatic N) is 2. The number of nitrogens with one attached hydrogen (secondary N) is 1. The zero-order valence-corrected chi connectivity index (χ0v) is 16.1. The number of amides is 2. The van der Waals surface area contributed by atoms with Crippen LogP contribution in [-0.2, 0) is 9.59 Å². The fourth-order valence-corrected chi connectivity index (χ4v) is 3.33. The SMILES string of the molecule is CCN(CC)C(=O)C1CC1C(=O)Nc1ccc(N(CC)CC)cc1C. The zero-order chi connectivity index (χ0) is 18.6. The molecule has 0 saturated heterocycles. The minimum atomic E-state index is -0.185. The second kappa shape index (κ2) is 8.37. The molecule has 5 heteroatoms. The van der Waals surface area contributed by atoms with Crippen LogP contribution >= 0.6 is 0 Å². The Hall–Kier alpha value is -2.04. The van der Waals surface area contributed by atoms with Crippen molar-refractivity contribution in [1.29, 1.82) is 0 Å². The highest BCUT2D eigenvalue weighted by Crippen LogP contribution is 2.41. The van der Waals surface area contributed by atoms with Crippen molar-refractivity contribution in [3.63, 3.8) is 0 Å². The highest BCUT2D eigenvalue weighted by molar-refractivity contribution is 6.00. The lowest BCUT2D eigenvalue weighted by Gasteiger charge is -2.22. The van der Waals surface area contributed by atoms with E-state index in [1.54, 1.807) is 0 Å². The molecule has 1 N–H and O–H groups in total. The average Bonchev–Trinajstić information content (AvgIpc) is 3.40. The first kappa shape index (κ1) is 19.3. The molecule has 0 bridgehead atoms. The van der Waals surface area contributed by atoms with Crippen LogP contribution in [0.2, 0.25) is 0 Å². The van der Waals surface area contributed by atoms with Gasteiger partial charge in [0.15, 0.2) is 0 Å². The number of hydrogen-bond acceptors (Lipinski definition) is 3. The Morgan fingerprint density at radius 3 is 2.20 bits per heavy atom. The summed E-state index contributed by atoms with van der Waals surface area (Å²) in [6.45, 7) is 13.5. The van der Waals surface area contributed by atoms with Crippen molar-refractivity contribution in [3.05, 3.63) is 23.8 Å². The summed E-state index contributed by atoms with van der Waals surface area (Å²) in [5.41, 5.74) is 3.05. The minimum absolute atomic E-state index is 0.0378. The summed E-state index contributed by atoms with van der Waals surface area (Å²) in [4.78, 5) is 28.9. The Morgan fingerprint density at radius 2 is 1.68 bits per heavy atom. The Morgan fingerprint density at radius 1 is 1.04 bits per heavy atom. The quantitative estimate of drug-likeness (QED) is 0.787. The fourth-order valence-electron chi connectivity index (χ4n) is 3.33. The van der Waals surface area contributed by atoms with Crippen LogP contribution in [0.1, 0.15) is 39.7 Å². The van der Waals surface area contributed by atoms with Crippen molar-refractivity contribution in [3.8, 4) is 0 Å². The van der Waals surface area contributed by atoms with Gasteiger partial charge in [-0.25, -0.2) is 0 Å². The number of carbonyl (C=O) groups is 2. The molecule has 0 aliphatic heterocycles. The van der Waals surface area contributed by atoms with Crippen LogP contribution in [0.15, 0.2) is 18.2 Å². The third-order valence-electron chi connectivity index (χ3n) is 5.12. The molecular weight excluding hydrogens is 314 g/mol. The van der Waals surface area contributed by atoms with Gasteiger partial charge >= 0.3 is 0 Å². The summed E-state index contributed by atoms with van der Waals surface area (Å²) in [6, 6.07) is 6.11. The van der Waals surface area contributed by atoms with E-state index in [0.717, 1.165) is 24.3 Å². The summed E-state index contributed by atoms with van der Waals surface area (Å²) in [5, 5.41) is 3.01. The molecule has 0 heterocycles. The van der Waals surface area contributed by atoms with E-state index in [1.807, 2.05) is 37.8 Å². The van der Waals surface area contributed by atoms with E-state index in [0.29, 0.717) is 19.5 Å². The van der Waals surface area contributed by atoms with Gasteiger partial charge in [0.1, 0.15) is 0 Å². The molecule has 1 aromatic carbocycles. The van der Waals surface area contributed by atoms with E-state index in [1.165, 1.54) is 5.69 Å². The highest BCUT2D eigenvalue weighted by atomic mass is 16.2. The molecule has 25 heavy (non-hydrogen) atoms. The van der Waals surface area contributed by atoms with Gasteiger partial charge in [-0.15, -0.1) is 0 Å². The summed E-state index contributed by atoms with van der Waals surface area (Å²) < 4.78 is 0. The summed E-state index contributed by atoms with van der Waals surface area (Å²) in [5.74, 6) is -0.256. The molecule has 1 aliphatic carbocycles. The van der Waals surface area contributed by atoms with Crippen molar-refractivity contribution >= 4 is 23.2 Å². The van der Waals surface area contributed by atoms with E-state index in [2.05, 4.69) is 30.1 Å². The molecule has 1 aliphatic rings. The molecule has 1 saturated carbocycles. The first-order valence-corrected chi connectivity index (χ1v) is 9.41. The van der Waals surface area contributed by atoms with Gasteiger partial charge in [-0.3, -0.25) is 9.59 Å². The van der Waals surface area contributed by atoms with Gasteiger partial charge in [-0.2, -0.15) is 0 Å². The Balaban J connectivity index is 1.99. The van der Waals surface area contributed by atoms with Crippen LogP contribution in [0.5, 0.6) is 0 Å². The van der Waals surface area contributed by atoms with Crippen LogP contribution < -0.4 is 10.2 Å². The van der Waals surface area contributed by atoms with Crippen LogP contribution in [-0.4, -0.2) is 42.9 Å². The van der Waals surface area contributed by atoms with Crippen molar-refractivity contribution < 1.29 is 9.59 Å². The van der Waals surface area contributed by atoms with Gasteiger partial charge in [0, 0.05) is 37.6 Å². The van der Waals surface area contributed by atoms with E-state index in [-0.39, 0.29) is 23.7 Å². The van der Waals surface area contributed by atoms with Crippen LogP contribution in [0, 0.1) is 18.8 Å². The normalized spacial score (nSPS) is 18.6. The molecule has 2 unspecified atom stereocenters. The van der Waals surface area contributed by atoms with Crippen molar-refractivity contribution in [2.24, 2.45) is 11.8 Å². The lowest BCUT2D eigenvalue weighted by atomic mass is 10.1. The Kier molecular flexibility index (Phi) is 6.45. The van der Waals surface area contributed by atoms with Gasteiger partial charge in [0.25, 0.3) is 0 Å². The molecule has 2 atom stereocenters. The summed E-state index contributed by atoms with van der Waals surface area (Å²) >= 11 is 0. The molecule has 0 spiro atoms. The van der Waals surface area contributed by atoms with E-state index >= 15 is 0 Å². The van der Waals surface area contributed by atoms with Crippen molar-refractivity contribution in [1.82, 2.24) is 4.90 Å². The topological polar surface area (TPSA) is 52.7 Å². The summed E-state index contributed by atoms with van der Waals surface area (Å²) in [6.07, 6.45) is 0.664. The van der Waals surface area contributed by atoms with Gasteiger partial charge in [-0.1, -0.05) is 0 Å².